The number of rotatable bonds is 5. The summed E-state index contributed by atoms with van der Waals surface area (Å²) in [6.07, 6.45) is 5.23. The molecule has 1 aromatic heterocycles. The number of aromatic nitrogens is 2. The number of hydrogen-bond donors (Lipinski definition) is 2. The predicted octanol–water partition coefficient (Wildman–Crippen LogP) is 1.20. The maximum absolute atomic E-state index is 10.3. The van der Waals surface area contributed by atoms with Crippen LogP contribution in [-0.4, -0.2) is 57.1 Å². The number of β-amino-alcohol motifs (C(OH)–C–C–N with tert-alkyl or cyclic N) is 1. The predicted molar refractivity (Wildman–Crippen MR) is 86.7 cm³/mol. The minimum absolute atomic E-state index is 0.198. The molecule has 0 radical (unpaired) electrons. The van der Waals surface area contributed by atoms with Crippen LogP contribution >= 0.6 is 0 Å². The van der Waals surface area contributed by atoms with Crippen LogP contribution in [0.15, 0.2) is 36.7 Å². The Bertz CT molecular complexity index is 641. The number of ether oxygens (including phenoxy) is 1. The molecule has 1 aliphatic heterocycles. The topological polar surface area (TPSA) is 70.8 Å². The second-order valence-corrected chi connectivity index (χ2v) is 6.11. The number of hydrogen-bond acceptors (Lipinski definition) is 5. The minimum Gasteiger partial charge on any atom is -0.497 e. The molecule has 124 valence electrons. The van der Waals surface area contributed by atoms with Gasteiger partial charge in [-0.3, -0.25) is 4.90 Å². The van der Waals surface area contributed by atoms with Crippen molar-refractivity contribution in [1.82, 2.24) is 14.5 Å². The third kappa shape index (κ3) is 3.55. The first-order chi connectivity index (χ1) is 11.1. The maximum atomic E-state index is 10.3. The lowest BCUT2D eigenvalue weighted by Crippen LogP contribution is -2.50. The Morgan fingerprint density at radius 1 is 1.30 bits per heavy atom. The number of piperidine rings is 1. The molecule has 6 nitrogen and oxygen atoms in total. The van der Waals surface area contributed by atoms with Crippen molar-refractivity contribution < 1.29 is 14.9 Å². The van der Waals surface area contributed by atoms with Gasteiger partial charge in [-0.1, -0.05) is 0 Å². The monoisotopic (exact) mass is 317 g/mol. The van der Waals surface area contributed by atoms with Crippen molar-refractivity contribution in [2.75, 3.05) is 26.8 Å². The molecule has 23 heavy (non-hydrogen) atoms. The van der Waals surface area contributed by atoms with E-state index in [0.29, 0.717) is 19.5 Å². The van der Waals surface area contributed by atoms with E-state index >= 15 is 0 Å². The van der Waals surface area contributed by atoms with Gasteiger partial charge in [0.1, 0.15) is 17.2 Å². The first-order valence-corrected chi connectivity index (χ1v) is 7.86. The van der Waals surface area contributed by atoms with Crippen LogP contribution in [0.1, 0.15) is 18.7 Å². The Kier molecular flexibility index (Phi) is 4.66. The highest BCUT2D eigenvalue weighted by Crippen LogP contribution is 2.23. The van der Waals surface area contributed by atoms with Gasteiger partial charge in [-0.25, -0.2) is 4.98 Å². The molecule has 1 atom stereocenters. The number of aliphatic hydroxyl groups excluding tert-OH is 1. The fourth-order valence-electron chi connectivity index (χ4n) is 3.10. The summed E-state index contributed by atoms with van der Waals surface area (Å²) >= 11 is 0. The van der Waals surface area contributed by atoms with Crippen LogP contribution < -0.4 is 4.74 Å². The van der Waals surface area contributed by atoms with Gasteiger partial charge in [-0.05, 0) is 43.7 Å². The normalized spacial score (nSPS) is 22.2. The van der Waals surface area contributed by atoms with Crippen molar-refractivity contribution in [3.63, 3.8) is 0 Å². The molecule has 1 unspecified atom stereocenters. The Balaban J connectivity index is 1.75. The molecule has 1 fully saturated rings. The van der Waals surface area contributed by atoms with E-state index < -0.39 is 5.60 Å². The second kappa shape index (κ2) is 6.70. The second-order valence-electron chi connectivity index (χ2n) is 6.11. The van der Waals surface area contributed by atoms with Crippen molar-refractivity contribution >= 4 is 0 Å². The van der Waals surface area contributed by atoms with Crippen LogP contribution in [0.5, 0.6) is 5.75 Å². The highest BCUT2D eigenvalue weighted by molar-refractivity contribution is 5.38. The average Bonchev–Trinajstić information content (AvgIpc) is 3.03. The Morgan fingerprint density at radius 3 is 2.78 bits per heavy atom. The maximum Gasteiger partial charge on any atom is 0.127 e. The van der Waals surface area contributed by atoms with Crippen LogP contribution in [-0.2, 0) is 6.54 Å². The summed E-state index contributed by atoms with van der Waals surface area (Å²) in [6.45, 7) is 1.81. The van der Waals surface area contributed by atoms with Gasteiger partial charge in [-0.15, -0.1) is 0 Å². The van der Waals surface area contributed by atoms with Gasteiger partial charge in [0.15, 0.2) is 0 Å². The van der Waals surface area contributed by atoms with Crippen LogP contribution in [0.3, 0.4) is 0 Å². The van der Waals surface area contributed by atoms with Gasteiger partial charge in [0.25, 0.3) is 0 Å². The lowest BCUT2D eigenvalue weighted by atomic mass is 9.94. The molecule has 1 aromatic carbocycles. The Labute approximate surface area is 136 Å². The Hall–Kier alpha value is -1.89. The number of benzene rings is 1. The summed E-state index contributed by atoms with van der Waals surface area (Å²) in [5.41, 5.74) is 0.0308. The molecule has 2 N–H and O–H groups in total. The van der Waals surface area contributed by atoms with Crippen molar-refractivity contribution in [2.45, 2.75) is 25.0 Å². The lowest BCUT2D eigenvalue weighted by Gasteiger charge is -2.37. The zero-order valence-electron chi connectivity index (χ0n) is 13.4. The molecule has 2 heterocycles. The summed E-state index contributed by atoms with van der Waals surface area (Å²) in [4.78, 5) is 6.59. The minimum atomic E-state index is -0.990. The van der Waals surface area contributed by atoms with E-state index in [-0.39, 0.29) is 6.61 Å². The van der Waals surface area contributed by atoms with E-state index in [0.717, 1.165) is 30.2 Å². The van der Waals surface area contributed by atoms with Crippen LogP contribution in [0, 0.1) is 0 Å². The molecule has 1 aliphatic rings. The molecule has 3 rings (SSSR count). The van der Waals surface area contributed by atoms with E-state index in [4.69, 9.17) is 4.74 Å². The van der Waals surface area contributed by atoms with Crippen LogP contribution in [0.25, 0.3) is 5.69 Å². The van der Waals surface area contributed by atoms with E-state index in [2.05, 4.69) is 9.88 Å². The van der Waals surface area contributed by atoms with Gasteiger partial charge >= 0.3 is 0 Å². The van der Waals surface area contributed by atoms with Gasteiger partial charge in [0, 0.05) is 24.6 Å². The first kappa shape index (κ1) is 16.0. The van der Waals surface area contributed by atoms with Crippen molar-refractivity contribution in [2.24, 2.45) is 0 Å². The van der Waals surface area contributed by atoms with E-state index in [9.17, 15) is 10.2 Å². The van der Waals surface area contributed by atoms with E-state index in [1.54, 1.807) is 13.3 Å². The summed E-state index contributed by atoms with van der Waals surface area (Å²) < 4.78 is 7.22. The molecule has 2 aromatic rings. The third-order valence-electron chi connectivity index (χ3n) is 4.36. The summed E-state index contributed by atoms with van der Waals surface area (Å²) in [6, 6.07) is 7.82. The first-order valence-electron chi connectivity index (χ1n) is 7.86. The van der Waals surface area contributed by atoms with E-state index in [1.807, 2.05) is 35.0 Å². The van der Waals surface area contributed by atoms with Gasteiger partial charge < -0.3 is 19.5 Å². The largest absolute Gasteiger partial charge is 0.497 e. The summed E-state index contributed by atoms with van der Waals surface area (Å²) in [7, 11) is 1.65. The number of nitrogens with zero attached hydrogens (tertiary/aromatic N) is 3. The standard InChI is InChI=1S/C17H23N3O3/c1-23-15-5-3-14(4-6-15)20-10-8-18-16(20)11-19-9-2-7-17(22,12-19)13-21/h3-6,8,10,21-22H,2,7,9,11-13H2,1H3. The van der Waals surface area contributed by atoms with Crippen LogP contribution in [0.2, 0.25) is 0 Å². The fraction of sp³-hybridized carbons (Fsp3) is 0.471. The lowest BCUT2D eigenvalue weighted by molar-refractivity contribution is -0.0692. The number of methoxy groups -OCH3 is 1. The van der Waals surface area contributed by atoms with Crippen molar-refractivity contribution in [3.05, 3.63) is 42.5 Å². The van der Waals surface area contributed by atoms with E-state index in [1.165, 1.54) is 0 Å². The van der Waals surface area contributed by atoms with Crippen molar-refractivity contribution in [1.29, 1.82) is 0 Å². The fourth-order valence-corrected chi connectivity index (χ4v) is 3.10. The summed E-state index contributed by atoms with van der Waals surface area (Å²) in [5.74, 6) is 1.73. The van der Waals surface area contributed by atoms with Crippen molar-refractivity contribution in [3.8, 4) is 11.4 Å². The zero-order valence-corrected chi connectivity index (χ0v) is 13.4. The zero-order chi connectivity index (χ0) is 16.3. The molecule has 0 bridgehead atoms. The Morgan fingerprint density at radius 2 is 2.09 bits per heavy atom. The van der Waals surface area contributed by atoms with Gasteiger partial charge in [0.2, 0.25) is 0 Å². The quantitative estimate of drug-likeness (QED) is 0.867. The van der Waals surface area contributed by atoms with Gasteiger partial charge in [-0.2, -0.15) is 0 Å². The highest BCUT2D eigenvalue weighted by atomic mass is 16.5. The smallest absolute Gasteiger partial charge is 0.127 e. The molecular weight excluding hydrogens is 294 g/mol. The molecule has 6 heteroatoms. The molecule has 0 aliphatic carbocycles. The molecule has 0 saturated carbocycles. The third-order valence-corrected chi connectivity index (χ3v) is 4.36. The number of imidazole rings is 1. The average molecular weight is 317 g/mol. The van der Waals surface area contributed by atoms with Crippen LogP contribution in [0.4, 0.5) is 0 Å². The SMILES string of the molecule is COc1ccc(-n2ccnc2CN2CCCC(O)(CO)C2)cc1. The summed E-state index contributed by atoms with van der Waals surface area (Å²) in [5, 5.41) is 19.7. The number of aliphatic hydroxyl groups is 2. The molecule has 1 saturated heterocycles. The molecular formula is C17H23N3O3. The highest BCUT2D eigenvalue weighted by Gasteiger charge is 2.32. The molecule has 0 amide bonds. The van der Waals surface area contributed by atoms with Gasteiger partial charge in [0.05, 0.1) is 20.3 Å². The number of likely N-dealkylation sites (tertiary alicyclic amines) is 1. The molecule has 0 spiro atoms.